The van der Waals surface area contributed by atoms with Crippen molar-refractivity contribution in [3.63, 3.8) is 0 Å². The van der Waals surface area contributed by atoms with E-state index in [9.17, 15) is 9.59 Å². The highest BCUT2D eigenvalue weighted by Crippen LogP contribution is 2.16. The second kappa shape index (κ2) is 5.17. The van der Waals surface area contributed by atoms with Gasteiger partial charge in [0.2, 0.25) is 0 Å². The summed E-state index contributed by atoms with van der Waals surface area (Å²) >= 11 is 0. The Morgan fingerprint density at radius 3 is 2.47 bits per heavy atom. The number of carbonyl (C=O) groups is 1. The zero-order valence-corrected chi connectivity index (χ0v) is 11.2. The number of fused-ring (bicyclic) bond motifs is 1. The lowest BCUT2D eigenvalue weighted by atomic mass is 10.1. The van der Waals surface area contributed by atoms with Gasteiger partial charge in [-0.1, -0.05) is 6.07 Å². The van der Waals surface area contributed by atoms with Crippen LogP contribution >= 0.6 is 0 Å². The number of carbonyl (C=O) groups excluding carboxylic acids is 1. The minimum atomic E-state index is -0.231. The molecule has 1 aromatic heterocycles. The third kappa shape index (κ3) is 3.15. The molecule has 1 heterocycles. The number of aromatic amines is 2. The van der Waals surface area contributed by atoms with Crippen molar-refractivity contribution in [1.82, 2.24) is 20.6 Å². The molecule has 4 N–H and O–H groups in total. The number of aromatic nitrogens is 2. The molecule has 0 aliphatic heterocycles. The quantitative estimate of drug-likeness (QED) is 0.677. The van der Waals surface area contributed by atoms with E-state index >= 15 is 0 Å². The van der Waals surface area contributed by atoms with E-state index in [1.165, 1.54) is 0 Å². The number of benzene rings is 1. The van der Waals surface area contributed by atoms with Gasteiger partial charge >= 0.3 is 11.7 Å². The van der Waals surface area contributed by atoms with Crippen LogP contribution < -0.4 is 16.3 Å². The third-order valence-electron chi connectivity index (χ3n) is 2.81. The van der Waals surface area contributed by atoms with Crippen molar-refractivity contribution in [3.05, 3.63) is 34.2 Å². The van der Waals surface area contributed by atoms with Crippen molar-refractivity contribution < 1.29 is 4.79 Å². The molecule has 2 amide bonds. The highest BCUT2D eigenvalue weighted by atomic mass is 16.2. The van der Waals surface area contributed by atoms with Crippen molar-refractivity contribution >= 4 is 17.1 Å². The molecule has 0 spiro atoms. The molecule has 0 aliphatic carbocycles. The summed E-state index contributed by atoms with van der Waals surface area (Å²) in [5, 5.41) is 5.62. The molecule has 6 nitrogen and oxygen atoms in total. The lowest BCUT2D eigenvalue weighted by Gasteiger charge is -2.16. The Morgan fingerprint density at radius 1 is 1.11 bits per heavy atom. The van der Waals surface area contributed by atoms with E-state index in [1.54, 1.807) is 0 Å². The molecule has 102 valence electrons. The number of imidazole rings is 1. The molecule has 6 heteroatoms. The number of H-pyrrole nitrogens is 2. The summed E-state index contributed by atoms with van der Waals surface area (Å²) in [7, 11) is 0. The van der Waals surface area contributed by atoms with Gasteiger partial charge in [-0.2, -0.15) is 0 Å². The van der Waals surface area contributed by atoms with Crippen molar-refractivity contribution in [3.8, 4) is 0 Å². The molecule has 0 saturated heterocycles. The van der Waals surface area contributed by atoms with Crippen LogP contribution in [0, 0.1) is 0 Å². The van der Waals surface area contributed by atoms with E-state index in [4.69, 9.17) is 0 Å². The van der Waals surface area contributed by atoms with Gasteiger partial charge in [-0.15, -0.1) is 0 Å². The highest BCUT2D eigenvalue weighted by molar-refractivity contribution is 5.77. The summed E-state index contributed by atoms with van der Waals surface area (Å²) in [6.45, 7) is 5.70. The normalized spacial score (nSPS) is 12.6. The van der Waals surface area contributed by atoms with Crippen molar-refractivity contribution in [2.45, 2.75) is 32.9 Å². The van der Waals surface area contributed by atoms with Gasteiger partial charge in [0.25, 0.3) is 0 Å². The van der Waals surface area contributed by atoms with E-state index in [-0.39, 0.29) is 23.8 Å². The molecular formula is C13H18N4O2. The summed E-state index contributed by atoms with van der Waals surface area (Å²) in [4.78, 5) is 28.2. The zero-order valence-electron chi connectivity index (χ0n) is 11.2. The summed E-state index contributed by atoms with van der Waals surface area (Å²) in [6, 6.07) is 5.31. The van der Waals surface area contributed by atoms with E-state index in [2.05, 4.69) is 20.6 Å². The van der Waals surface area contributed by atoms with Gasteiger partial charge < -0.3 is 20.6 Å². The second-order valence-corrected chi connectivity index (χ2v) is 4.88. The number of nitrogens with one attached hydrogen (secondary N) is 4. The first kappa shape index (κ1) is 13.2. The van der Waals surface area contributed by atoms with Crippen LogP contribution in [-0.4, -0.2) is 22.0 Å². The Labute approximate surface area is 110 Å². The third-order valence-corrected chi connectivity index (χ3v) is 2.81. The first-order valence-corrected chi connectivity index (χ1v) is 6.24. The lowest BCUT2D eigenvalue weighted by Crippen LogP contribution is -2.40. The van der Waals surface area contributed by atoms with E-state index < -0.39 is 0 Å². The molecule has 0 saturated carbocycles. The standard InChI is InChI=1S/C13H18N4O2/c1-7(2)14-12(18)15-8(3)9-4-5-10-11(6-9)17-13(19)16-10/h4-8H,1-3H3,(H2,14,15,18)(H2,16,17,19)/t8-/m1/s1. The highest BCUT2D eigenvalue weighted by Gasteiger charge is 2.11. The molecule has 0 unspecified atom stereocenters. The van der Waals surface area contributed by atoms with E-state index in [0.29, 0.717) is 0 Å². The van der Waals surface area contributed by atoms with Gasteiger partial charge in [0.05, 0.1) is 17.1 Å². The summed E-state index contributed by atoms with van der Waals surface area (Å²) in [5.41, 5.74) is 2.19. The molecule has 0 aliphatic rings. The summed E-state index contributed by atoms with van der Waals surface area (Å²) in [5.74, 6) is 0. The summed E-state index contributed by atoms with van der Waals surface area (Å²) in [6.07, 6.45) is 0. The van der Waals surface area contributed by atoms with Crippen LogP contribution in [0.5, 0.6) is 0 Å². The minimum absolute atomic E-state index is 0.0932. The van der Waals surface area contributed by atoms with Crippen LogP contribution in [0.2, 0.25) is 0 Å². The average Bonchev–Trinajstić information content (AvgIpc) is 2.66. The van der Waals surface area contributed by atoms with Crippen molar-refractivity contribution in [2.24, 2.45) is 0 Å². The Bertz CT molecular complexity index is 641. The fraction of sp³-hybridized carbons (Fsp3) is 0.385. The number of hydrogen-bond donors (Lipinski definition) is 4. The Hall–Kier alpha value is -2.24. The molecule has 2 aromatic rings. The van der Waals surface area contributed by atoms with Crippen LogP contribution in [-0.2, 0) is 0 Å². The van der Waals surface area contributed by atoms with Gasteiger partial charge in [0.15, 0.2) is 0 Å². The van der Waals surface area contributed by atoms with Crippen molar-refractivity contribution in [2.75, 3.05) is 0 Å². The van der Waals surface area contributed by atoms with E-state index in [1.807, 2.05) is 39.0 Å². The molecule has 2 rings (SSSR count). The fourth-order valence-corrected chi connectivity index (χ4v) is 1.90. The van der Waals surface area contributed by atoms with Gasteiger partial charge in [0.1, 0.15) is 0 Å². The number of urea groups is 1. The van der Waals surface area contributed by atoms with Gasteiger partial charge in [-0.25, -0.2) is 9.59 Å². The van der Waals surface area contributed by atoms with Crippen LogP contribution in [0.15, 0.2) is 23.0 Å². The Kier molecular flexibility index (Phi) is 3.59. The second-order valence-electron chi connectivity index (χ2n) is 4.88. The molecule has 0 bridgehead atoms. The molecule has 19 heavy (non-hydrogen) atoms. The maximum atomic E-state index is 11.6. The first-order chi connectivity index (χ1) is 8.95. The number of rotatable bonds is 3. The molecule has 0 radical (unpaired) electrons. The Morgan fingerprint density at radius 2 is 1.79 bits per heavy atom. The summed E-state index contributed by atoms with van der Waals surface area (Å²) < 4.78 is 0. The predicted octanol–water partition coefficient (Wildman–Crippen LogP) is 1.62. The molecule has 1 atom stereocenters. The van der Waals surface area contributed by atoms with Gasteiger partial charge in [-0.05, 0) is 38.5 Å². The number of hydrogen-bond acceptors (Lipinski definition) is 2. The zero-order chi connectivity index (χ0) is 14.0. The lowest BCUT2D eigenvalue weighted by molar-refractivity contribution is 0.235. The smallest absolute Gasteiger partial charge is 0.323 e. The topological polar surface area (TPSA) is 89.8 Å². The fourth-order valence-electron chi connectivity index (χ4n) is 1.90. The largest absolute Gasteiger partial charge is 0.336 e. The monoisotopic (exact) mass is 262 g/mol. The maximum Gasteiger partial charge on any atom is 0.323 e. The SMILES string of the molecule is CC(C)NC(=O)N[C@H](C)c1ccc2[nH]c(=O)[nH]c2c1. The van der Waals surface area contributed by atoms with Crippen LogP contribution in [0.1, 0.15) is 32.4 Å². The average molecular weight is 262 g/mol. The predicted molar refractivity (Wildman–Crippen MR) is 74.1 cm³/mol. The molecule has 1 aromatic carbocycles. The Balaban J connectivity index is 2.14. The molecule has 0 fully saturated rings. The van der Waals surface area contributed by atoms with Crippen LogP contribution in [0.25, 0.3) is 11.0 Å². The van der Waals surface area contributed by atoms with Gasteiger partial charge in [0, 0.05) is 6.04 Å². The minimum Gasteiger partial charge on any atom is -0.336 e. The van der Waals surface area contributed by atoms with Crippen LogP contribution in [0.3, 0.4) is 0 Å². The molecular weight excluding hydrogens is 244 g/mol. The van der Waals surface area contributed by atoms with Gasteiger partial charge in [-0.3, -0.25) is 0 Å². The first-order valence-electron chi connectivity index (χ1n) is 6.24. The number of amides is 2. The van der Waals surface area contributed by atoms with Crippen molar-refractivity contribution in [1.29, 1.82) is 0 Å². The van der Waals surface area contributed by atoms with E-state index in [0.717, 1.165) is 16.6 Å². The maximum absolute atomic E-state index is 11.6. The van der Waals surface area contributed by atoms with Crippen LogP contribution in [0.4, 0.5) is 4.79 Å².